The maximum Gasteiger partial charge on any atom is 0.240 e. The molecule has 4 aliphatic carbocycles. The van der Waals surface area contributed by atoms with Crippen LogP contribution in [0.1, 0.15) is 117 Å². The number of aliphatic imine (C=N–C) groups is 2. The number of hydrogen-bond donors (Lipinski definition) is 6. The van der Waals surface area contributed by atoms with E-state index in [1.165, 1.54) is 22.3 Å². The maximum atomic E-state index is 12.5. The number of amidine groups is 2. The van der Waals surface area contributed by atoms with Crippen molar-refractivity contribution in [1.29, 1.82) is 0 Å². The van der Waals surface area contributed by atoms with Gasteiger partial charge in [0.25, 0.3) is 0 Å². The summed E-state index contributed by atoms with van der Waals surface area (Å²) in [6.07, 6.45) is 14.8. The van der Waals surface area contributed by atoms with E-state index < -0.39 is 20.0 Å². The van der Waals surface area contributed by atoms with Crippen LogP contribution in [-0.4, -0.2) is 77.0 Å². The molecule has 0 aromatic heterocycles. The minimum Gasteiger partial charge on any atom is -0.508 e. The topological polar surface area (TPSA) is 182 Å². The molecular weight excluding hydrogens is 952 g/mol. The number of aliphatic hydroxyl groups excluding tert-OH is 1. The third kappa shape index (κ3) is 13.3. The van der Waals surface area contributed by atoms with Crippen molar-refractivity contribution >= 4 is 56.5 Å². The Labute approximate surface area is 422 Å². The van der Waals surface area contributed by atoms with Crippen LogP contribution in [0, 0.1) is 23.7 Å². The first-order valence-corrected chi connectivity index (χ1v) is 27.7. The minimum atomic E-state index is -3.42. The molecule has 0 spiro atoms. The van der Waals surface area contributed by atoms with Crippen LogP contribution in [0.25, 0.3) is 0 Å². The molecule has 12 nitrogen and oxygen atoms in total. The van der Waals surface area contributed by atoms with Crippen LogP contribution >= 0.6 is 24.8 Å². The lowest BCUT2D eigenvalue weighted by molar-refractivity contribution is 0.280. The monoisotopic (exact) mass is 1020 g/mol. The highest BCUT2D eigenvalue weighted by Crippen LogP contribution is 2.41. The maximum absolute atomic E-state index is 12.5. The molecule has 69 heavy (non-hydrogen) atoms. The van der Waals surface area contributed by atoms with E-state index in [9.17, 15) is 27.0 Å². The van der Waals surface area contributed by atoms with Crippen molar-refractivity contribution < 1.29 is 27.0 Å². The van der Waals surface area contributed by atoms with Gasteiger partial charge in [0, 0.05) is 62.9 Å². The Morgan fingerprint density at radius 3 is 1.41 bits per heavy atom. The van der Waals surface area contributed by atoms with Gasteiger partial charge in [0.15, 0.2) is 0 Å². The third-order valence-corrected chi connectivity index (χ3v) is 18.4. The van der Waals surface area contributed by atoms with E-state index in [-0.39, 0.29) is 31.4 Å². The number of aryl methyl sites for hydroxylation is 2. The molecule has 2 aliphatic heterocycles. The van der Waals surface area contributed by atoms with Crippen molar-refractivity contribution in [2.24, 2.45) is 33.7 Å². The Morgan fingerprint density at radius 2 is 0.957 bits per heavy atom. The largest absolute Gasteiger partial charge is 0.508 e. The van der Waals surface area contributed by atoms with Crippen LogP contribution in [0.3, 0.4) is 0 Å². The second-order valence-electron chi connectivity index (χ2n) is 20.0. The number of phenolic OH excluding ortho intramolecular Hbond substituents is 1. The molecule has 0 unspecified atom stereocenters. The van der Waals surface area contributed by atoms with Gasteiger partial charge in [-0.2, -0.15) is 0 Å². The summed E-state index contributed by atoms with van der Waals surface area (Å²) in [7, 11) is -6.85. The van der Waals surface area contributed by atoms with Gasteiger partial charge in [0.1, 0.15) is 5.75 Å². The molecule has 0 bridgehead atoms. The predicted octanol–water partition coefficient (Wildman–Crippen LogP) is 8.56. The smallest absolute Gasteiger partial charge is 0.240 e. The predicted molar refractivity (Wildman–Crippen MR) is 279 cm³/mol. The van der Waals surface area contributed by atoms with Gasteiger partial charge in [-0.1, -0.05) is 60.7 Å². The van der Waals surface area contributed by atoms with Crippen LogP contribution in [0.2, 0.25) is 0 Å². The van der Waals surface area contributed by atoms with Crippen molar-refractivity contribution in [2.45, 2.75) is 130 Å². The van der Waals surface area contributed by atoms with Gasteiger partial charge in [-0.15, -0.1) is 24.8 Å². The Morgan fingerprint density at radius 1 is 0.536 bits per heavy atom. The molecular formula is C53H70Cl2N6O6S2. The summed E-state index contributed by atoms with van der Waals surface area (Å²) >= 11 is 0. The molecule has 16 heteroatoms. The fraction of sp³-hybridized carbons (Fsp3) is 0.509. The summed E-state index contributed by atoms with van der Waals surface area (Å²) in [6.45, 7) is 2.85. The highest BCUT2D eigenvalue weighted by Gasteiger charge is 2.38. The molecule has 2 heterocycles. The average Bonchev–Trinajstić information content (AvgIpc) is 3.99. The van der Waals surface area contributed by atoms with Gasteiger partial charge in [-0.25, -0.2) is 26.3 Å². The number of halogens is 2. The Hall–Kier alpha value is -4.02. The van der Waals surface area contributed by atoms with E-state index >= 15 is 0 Å². The molecule has 0 radical (unpaired) electrons. The van der Waals surface area contributed by atoms with E-state index in [1.807, 2.05) is 18.2 Å². The van der Waals surface area contributed by atoms with Gasteiger partial charge < -0.3 is 20.8 Å². The molecule has 4 atom stereocenters. The average molecular weight is 1020 g/mol. The van der Waals surface area contributed by atoms with Gasteiger partial charge >= 0.3 is 0 Å². The first kappa shape index (κ1) is 52.8. The van der Waals surface area contributed by atoms with Crippen LogP contribution in [-0.2, 0) is 39.5 Å². The zero-order chi connectivity index (χ0) is 46.4. The lowest BCUT2D eigenvalue weighted by Crippen LogP contribution is -2.32. The number of aliphatic hydroxyl groups is 1. The Kier molecular flexibility index (Phi) is 18.3. The van der Waals surface area contributed by atoms with Gasteiger partial charge in [-0.05, 0) is 165 Å². The fourth-order valence-corrected chi connectivity index (χ4v) is 13.8. The van der Waals surface area contributed by atoms with Crippen LogP contribution in [0.15, 0.2) is 117 Å². The molecule has 4 aromatic carbocycles. The minimum absolute atomic E-state index is 0. The fourth-order valence-electron chi connectivity index (χ4n) is 11.5. The number of sulfonamides is 2. The van der Waals surface area contributed by atoms with E-state index in [1.54, 1.807) is 54.6 Å². The summed E-state index contributed by atoms with van der Waals surface area (Å²) in [4.78, 5) is 10.6. The van der Waals surface area contributed by atoms with Crippen molar-refractivity contribution in [3.8, 4) is 5.75 Å². The first-order chi connectivity index (χ1) is 32.5. The zero-order valence-electron chi connectivity index (χ0n) is 39.3. The first-order valence-electron chi connectivity index (χ1n) is 24.7. The van der Waals surface area contributed by atoms with E-state index in [4.69, 9.17) is 9.98 Å². The van der Waals surface area contributed by atoms with Gasteiger partial charge in [-0.3, -0.25) is 9.98 Å². The van der Waals surface area contributed by atoms with Gasteiger partial charge in [0.2, 0.25) is 20.0 Å². The second kappa shape index (κ2) is 23.9. The normalized spacial score (nSPS) is 27.1. The molecule has 6 N–H and O–H groups in total. The molecule has 374 valence electrons. The molecule has 6 aliphatic rings. The van der Waals surface area contributed by atoms with Crippen LogP contribution in [0.5, 0.6) is 5.75 Å². The lowest BCUT2D eigenvalue weighted by Gasteiger charge is -2.28. The molecule has 2 saturated heterocycles. The number of benzene rings is 4. The molecule has 4 fully saturated rings. The third-order valence-electron chi connectivity index (χ3n) is 15.5. The second-order valence-corrected chi connectivity index (χ2v) is 23.5. The summed E-state index contributed by atoms with van der Waals surface area (Å²) < 4.78 is 55.4. The number of fused-ring (bicyclic) bond motifs is 6. The van der Waals surface area contributed by atoms with Crippen molar-refractivity contribution in [1.82, 2.24) is 20.1 Å². The standard InChI is InChI=1S/C27H35N3O3S.C26H33N3O3S.2ClH/c31-18-21-10-12-24-22(14-21)11-13-26-25(24)15-27(30-26)28-16-19-6-8-20(9-7-19)17-29-34(32,33)23-4-2-1-3-5-23;30-21-11-12-23-20(14-21)10-13-25-24(23)15-26(29-25)27-16-18-6-8-19(9-7-18)17-28-33(31,32)22-4-2-1-3-5-22;;/h1-5,10,12,14,19-20,25-26,29,31H,6-9,11,13,15-18H2,(H,28,30);1-5,11-12,14,18-19,24-25,28,30H,6-10,13,15-17H2,(H,27,29);2*1H/t19?,20?,25-,26+;18?,19?,24-,25+;;/m00../s1. The number of nitrogens with one attached hydrogen (secondary N) is 4. The van der Waals surface area contributed by atoms with Crippen LogP contribution < -0.4 is 20.1 Å². The molecule has 0 amide bonds. The number of hydrogen-bond acceptors (Lipinski definition) is 8. The number of nitrogens with zero attached hydrogens (tertiary/aromatic N) is 2. The summed E-state index contributed by atoms with van der Waals surface area (Å²) in [5, 5.41) is 26.6. The Balaban J connectivity index is 0.000000198. The highest BCUT2D eigenvalue weighted by molar-refractivity contribution is 7.89. The van der Waals surface area contributed by atoms with E-state index in [0.29, 0.717) is 76.2 Å². The highest BCUT2D eigenvalue weighted by atomic mass is 35.5. The number of rotatable bonds is 13. The van der Waals surface area contributed by atoms with Crippen molar-refractivity contribution in [3.63, 3.8) is 0 Å². The zero-order valence-corrected chi connectivity index (χ0v) is 42.6. The van der Waals surface area contributed by atoms with E-state index in [2.05, 4.69) is 44.3 Å². The lowest BCUT2D eigenvalue weighted by atomic mass is 9.79. The Bertz CT molecular complexity index is 2610. The summed E-state index contributed by atoms with van der Waals surface area (Å²) in [5.41, 5.74) is 6.45. The summed E-state index contributed by atoms with van der Waals surface area (Å²) in [6, 6.07) is 30.3. The molecule has 10 rings (SSSR count). The van der Waals surface area contributed by atoms with Crippen molar-refractivity contribution in [3.05, 3.63) is 125 Å². The van der Waals surface area contributed by atoms with Gasteiger partial charge in [0.05, 0.1) is 28.1 Å². The molecule has 2 saturated carbocycles. The number of phenols is 1. The quantitative estimate of drug-likeness (QED) is 0.0771. The SMILES string of the molecule is Cl.Cl.O=S(=O)(NCC1CCC(CN=C2C[C@H]3c4ccc(CO)cc4CC[C@H]3N2)CC1)c1ccccc1.O=S(=O)(NCC1CCC(CN=C2C[C@H]3c4ccc(O)cc4CC[C@H]3N2)CC1)c1ccccc1. The van der Waals surface area contributed by atoms with E-state index in [0.717, 1.165) is 120 Å². The number of aromatic hydroxyl groups is 1. The van der Waals surface area contributed by atoms with Crippen molar-refractivity contribution in [2.75, 3.05) is 26.2 Å². The van der Waals surface area contributed by atoms with Crippen LogP contribution in [0.4, 0.5) is 0 Å². The molecule has 4 aromatic rings. The summed E-state index contributed by atoms with van der Waals surface area (Å²) in [5.74, 6) is 5.53.